The van der Waals surface area contributed by atoms with Crippen molar-refractivity contribution in [2.24, 2.45) is 0 Å². The summed E-state index contributed by atoms with van der Waals surface area (Å²) >= 11 is 0. The summed E-state index contributed by atoms with van der Waals surface area (Å²) in [4.78, 5) is 26.1. The Balaban J connectivity index is 1.71. The number of esters is 2. The minimum absolute atomic E-state index is 0.308. The lowest BCUT2D eigenvalue weighted by Crippen LogP contribution is -2.08. The number of aryl methyl sites for hydroxylation is 1. The van der Waals surface area contributed by atoms with Gasteiger partial charge in [0.05, 0.1) is 33.0 Å². The Morgan fingerprint density at radius 2 is 0.734 bits per heavy atom. The molecule has 0 saturated heterocycles. The molecule has 0 aliphatic heterocycles. The van der Waals surface area contributed by atoms with Gasteiger partial charge in [0.25, 0.3) is 0 Å². The van der Waals surface area contributed by atoms with Crippen LogP contribution in [0, 0.1) is 6.92 Å². The number of hydrogen-bond acceptors (Lipinski definition) is 9. The van der Waals surface area contributed by atoms with E-state index >= 15 is 0 Å². The molecule has 0 aliphatic rings. The SMILES string of the molecule is CCCCCCOc1ccc(C=CC(=O)Oc2ccc(OC(=O)C=Cc3ccc(C)c(OCCCCCC)c3OCCCCCC)cc2)c(OCCCCCC)c1OCCCCCC. The standard InChI is InChI=1S/C55H80O9/c1-7-12-17-22-39-58-49-36-29-46(54(61-42-25-20-15-10-4)55(49)62-43-26-21-16-11-5)31-38-51(57)64-48-34-32-47(33-35-48)63-50(56)37-30-45-28-27-44(6)52(59-40-23-18-13-8-2)53(45)60-41-24-19-14-9-3/h27-38H,7-26,39-43H2,1-6H3. The molecule has 0 aliphatic carbocycles. The van der Waals surface area contributed by atoms with Crippen LogP contribution >= 0.6 is 0 Å². The first-order valence-electron chi connectivity index (χ1n) is 24.7. The minimum Gasteiger partial charge on any atom is -0.490 e. The molecule has 0 atom stereocenters. The van der Waals surface area contributed by atoms with Crippen LogP contribution in [-0.2, 0) is 9.59 Å². The maximum Gasteiger partial charge on any atom is 0.336 e. The number of carbonyl (C=O) groups is 2. The molecule has 0 amide bonds. The van der Waals surface area contributed by atoms with E-state index in [2.05, 4.69) is 34.6 Å². The fourth-order valence-corrected chi connectivity index (χ4v) is 6.94. The summed E-state index contributed by atoms with van der Waals surface area (Å²) < 4.78 is 42.9. The van der Waals surface area contributed by atoms with Crippen LogP contribution in [0.15, 0.2) is 60.7 Å². The molecule has 0 bridgehead atoms. The average Bonchev–Trinajstić information content (AvgIpc) is 3.29. The molecule has 9 heteroatoms. The Morgan fingerprint density at radius 3 is 1.14 bits per heavy atom. The molecule has 3 aromatic rings. The monoisotopic (exact) mass is 885 g/mol. The van der Waals surface area contributed by atoms with Crippen molar-refractivity contribution in [3.63, 3.8) is 0 Å². The molecule has 354 valence electrons. The molecule has 0 spiro atoms. The van der Waals surface area contributed by atoms with E-state index in [0.717, 1.165) is 132 Å². The molecule has 3 aromatic carbocycles. The quantitative estimate of drug-likeness (QED) is 0.0245. The normalized spacial score (nSPS) is 11.3. The van der Waals surface area contributed by atoms with Gasteiger partial charge in [-0.25, -0.2) is 9.59 Å². The zero-order valence-electron chi connectivity index (χ0n) is 40.3. The predicted molar refractivity (Wildman–Crippen MR) is 262 cm³/mol. The van der Waals surface area contributed by atoms with Gasteiger partial charge >= 0.3 is 11.9 Å². The molecule has 64 heavy (non-hydrogen) atoms. The zero-order chi connectivity index (χ0) is 46.0. The minimum atomic E-state index is -0.564. The van der Waals surface area contributed by atoms with Gasteiger partial charge in [0.2, 0.25) is 5.75 Å². The molecule has 0 saturated carbocycles. The van der Waals surface area contributed by atoms with Gasteiger partial charge in [-0.15, -0.1) is 0 Å². The summed E-state index contributed by atoms with van der Waals surface area (Å²) in [5.74, 6) is 2.68. The summed E-state index contributed by atoms with van der Waals surface area (Å²) in [6.07, 6.45) is 27.9. The van der Waals surface area contributed by atoms with Crippen molar-refractivity contribution in [3.8, 4) is 40.2 Å². The molecule has 3 rings (SSSR count). The van der Waals surface area contributed by atoms with Crippen molar-refractivity contribution in [2.45, 2.75) is 170 Å². The maximum atomic E-state index is 13.1. The van der Waals surface area contributed by atoms with Crippen LogP contribution in [0.2, 0.25) is 0 Å². The Hall–Kier alpha value is -4.92. The number of rotatable bonds is 36. The predicted octanol–water partition coefficient (Wildman–Crippen LogP) is 15.0. The second-order valence-corrected chi connectivity index (χ2v) is 16.5. The number of carbonyl (C=O) groups excluding carboxylic acids is 2. The van der Waals surface area contributed by atoms with Crippen LogP contribution in [0.4, 0.5) is 0 Å². The van der Waals surface area contributed by atoms with Gasteiger partial charge in [-0.05, 0) is 93.1 Å². The molecular formula is C55H80O9. The van der Waals surface area contributed by atoms with Gasteiger partial charge in [0.1, 0.15) is 11.5 Å². The third kappa shape index (κ3) is 21.2. The first kappa shape index (κ1) is 53.4. The van der Waals surface area contributed by atoms with E-state index in [1.165, 1.54) is 25.0 Å². The Kier molecular flexibility index (Phi) is 28.0. The fourth-order valence-electron chi connectivity index (χ4n) is 6.94. The maximum absolute atomic E-state index is 13.1. The van der Waals surface area contributed by atoms with Gasteiger partial charge in [-0.2, -0.15) is 0 Å². The third-order valence-corrected chi connectivity index (χ3v) is 10.7. The molecule has 0 N–H and O–H groups in total. The average molecular weight is 885 g/mol. The Bertz CT molecular complexity index is 1800. The van der Waals surface area contributed by atoms with Crippen LogP contribution in [0.5, 0.6) is 40.2 Å². The smallest absolute Gasteiger partial charge is 0.336 e. The van der Waals surface area contributed by atoms with Gasteiger partial charge in [0, 0.05) is 23.3 Å². The zero-order valence-corrected chi connectivity index (χ0v) is 40.3. The summed E-state index contributed by atoms with van der Waals surface area (Å²) in [5.41, 5.74) is 2.43. The molecular weight excluding hydrogens is 805 g/mol. The van der Waals surface area contributed by atoms with Crippen molar-refractivity contribution >= 4 is 24.1 Å². The van der Waals surface area contributed by atoms with Crippen LogP contribution in [-0.4, -0.2) is 45.0 Å². The summed E-state index contributed by atoms with van der Waals surface area (Å²) in [5, 5.41) is 0. The Labute approximate surface area is 386 Å². The number of hydrogen-bond donors (Lipinski definition) is 0. The molecule has 0 radical (unpaired) electrons. The summed E-state index contributed by atoms with van der Waals surface area (Å²) in [6.45, 7) is 15.8. The van der Waals surface area contributed by atoms with Crippen molar-refractivity contribution < 1.29 is 42.7 Å². The second kappa shape index (κ2) is 33.6. The lowest BCUT2D eigenvalue weighted by Gasteiger charge is -2.19. The van der Waals surface area contributed by atoms with E-state index < -0.39 is 11.9 Å². The van der Waals surface area contributed by atoms with Crippen LogP contribution in [0.1, 0.15) is 180 Å². The van der Waals surface area contributed by atoms with Gasteiger partial charge in [-0.3, -0.25) is 0 Å². The highest BCUT2D eigenvalue weighted by atomic mass is 16.6. The molecule has 0 fully saturated rings. The number of ether oxygens (including phenoxy) is 7. The Morgan fingerprint density at radius 1 is 0.391 bits per heavy atom. The van der Waals surface area contributed by atoms with E-state index in [4.69, 9.17) is 33.2 Å². The van der Waals surface area contributed by atoms with Gasteiger partial charge < -0.3 is 33.2 Å². The number of benzene rings is 3. The fraction of sp³-hybridized carbons (Fsp3) is 0.564. The lowest BCUT2D eigenvalue weighted by molar-refractivity contribution is -0.130. The van der Waals surface area contributed by atoms with E-state index in [9.17, 15) is 9.59 Å². The molecule has 9 nitrogen and oxygen atoms in total. The summed E-state index contributed by atoms with van der Waals surface area (Å²) in [6, 6.07) is 14.1. The van der Waals surface area contributed by atoms with Crippen LogP contribution < -0.4 is 33.2 Å². The highest BCUT2D eigenvalue weighted by Crippen LogP contribution is 2.42. The topological polar surface area (TPSA) is 98.8 Å². The van der Waals surface area contributed by atoms with Crippen molar-refractivity contribution in [2.75, 3.05) is 33.0 Å². The molecule has 0 unspecified atom stereocenters. The summed E-state index contributed by atoms with van der Waals surface area (Å²) in [7, 11) is 0. The van der Waals surface area contributed by atoms with Crippen molar-refractivity contribution in [3.05, 3.63) is 77.4 Å². The first-order valence-corrected chi connectivity index (χ1v) is 24.7. The van der Waals surface area contributed by atoms with Crippen molar-refractivity contribution in [1.82, 2.24) is 0 Å². The van der Waals surface area contributed by atoms with Crippen molar-refractivity contribution in [1.29, 1.82) is 0 Å². The van der Waals surface area contributed by atoms with E-state index in [1.807, 2.05) is 31.2 Å². The van der Waals surface area contributed by atoms with Crippen LogP contribution in [0.3, 0.4) is 0 Å². The molecule has 0 aromatic heterocycles. The van der Waals surface area contributed by atoms with E-state index in [1.54, 1.807) is 36.4 Å². The van der Waals surface area contributed by atoms with Gasteiger partial charge in [0.15, 0.2) is 23.0 Å². The van der Waals surface area contributed by atoms with Crippen LogP contribution in [0.25, 0.3) is 12.2 Å². The van der Waals surface area contributed by atoms with E-state index in [0.29, 0.717) is 73.1 Å². The van der Waals surface area contributed by atoms with E-state index in [-0.39, 0.29) is 0 Å². The van der Waals surface area contributed by atoms with Gasteiger partial charge in [-0.1, -0.05) is 143 Å². The largest absolute Gasteiger partial charge is 0.490 e. The third-order valence-electron chi connectivity index (χ3n) is 10.7. The lowest BCUT2D eigenvalue weighted by atomic mass is 10.1. The first-order chi connectivity index (χ1) is 31.3. The second-order valence-electron chi connectivity index (χ2n) is 16.5. The molecule has 0 heterocycles. The highest BCUT2D eigenvalue weighted by molar-refractivity contribution is 5.90. The number of unbranched alkanes of at least 4 members (excludes halogenated alkanes) is 15. The highest BCUT2D eigenvalue weighted by Gasteiger charge is 2.19.